The van der Waals surface area contributed by atoms with Gasteiger partial charge in [-0.25, -0.2) is 8.42 Å². The van der Waals surface area contributed by atoms with E-state index in [-0.39, 0.29) is 0 Å². The van der Waals surface area contributed by atoms with Crippen LogP contribution in [-0.4, -0.2) is 38.9 Å². The first kappa shape index (κ1) is 13.5. The summed E-state index contributed by atoms with van der Waals surface area (Å²) in [4.78, 5) is 0.381. The van der Waals surface area contributed by atoms with Crippen LogP contribution in [-0.2, 0) is 10.0 Å². The van der Waals surface area contributed by atoms with Gasteiger partial charge >= 0.3 is 0 Å². The second-order valence-electron chi connectivity index (χ2n) is 5.29. The van der Waals surface area contributed by atoms with Crippen molar-refractivity contribution in [1.82, 2.24) is 9.62 Å². The summed E-state index contributed by atoms with van der Waals surface area (Å²) in [5, 5.41) is 3.36. The molecule has 4 nitrogen and oxygen atoms in total. The molecule has 6 heteroatoms. The van der Waals surface area contributed by atoms with E-state index in [4.69, 9.17) is 0 Å². The maximum Gasteiger partial charge on any atom is 0.243 e. The molecule has 2 aliphatic rings. The van der Waals surface area contributed by atoms with E-state index in [9.17, 15) is 8.42 Å². The standard InChI is InChI=1S/C13H17BrN2O2S/c14-12-2-1-3-13(6-12)19(17,18)16-5-4-10-7-15-8-11(10)9-16/h1-3,6,10-11,15H,4-5,7-9H2. The van der Waals surface area contributed by atoms with Gasteiger partial charge in [-0.2, -0.15) is 4.31 Å². The molecule has 2 aliphatic heterocycles. The van der Waals surface area contributed by atoms with Crippen molar-refractivity contribution in [2.75, 3.05) is 26.2 Å². The zero-order chi connectivity index (χ0) is 13.5. The Balaban J connectivity index is 1.85. The Kier molecular flexibility index (Phi) is 3.68. The zero-order valence-corrected chi connectivity index (χ0v) is 13.0. The van der Waals surface area contributed by atoms with Crippen molar-refractivity contribution >= 4 is 26.0 Å². The van der Waals surface area contributed by atoms with Gasteiger partial charge in [0.2, 0.25) is 10.0 Å². The van der Waals surface area contributed by atoms with Crippen LogP contribution in [0, 0.1) is 11.8 Å². The topological polar surface area (TPSA) is 49.4 Å². The SMILES string of the molecule is O=S(=O)(c1cccc(Br)c1)N1CCC2CNCC2C1. The number of hydrogen-bond acceptors (Lipinski definition) is 3. The minimum atomic E-state index is -3.35. The third-order valence-electron chi connectivity index (χ3n) is 4.10. The monoisotopic (exact) mass is 344 g/mol. The molecule has 2 fully saturated rings. The van der Waals surface area contributed by atoms with Crippen molar-refractivity contribution in [2.24, 2.45) is 11.8 Å². The molecule has 0 aromatic heterocycles. The number of fused-ring (bicyclic) bond motifs is 1. The Morgan fingerprint density at radius 1 is 1.26 bits per heavy atom. The number of halogens is 1. The molecule has 2 saturated heterocycles. The minimum Gasteiger partial charge on any atom is -0.316 e. The predicted octanol–water partition coefficient (Wildman–Crippen LogP) is 1.68. The molecule has 2 unspecified atom stereocenters. The molecule has 1 aromatic rings. The van der Waals surface area contributed by atoms with Gasteiger partial charge in [0.15, 0.2) is 0 Å². The molecule has 1 N–H and O–H groups in total. The van der Waals surface area contributed by atoms with Gasteiger partial charge in [0.1, 0.15) is 0 Å². The van der Waals surface area contributed by atoms with Crippen molar-refractivity contribution in [3.8, 4) is 0 Å². The van der Waals surface area contributed by atoms with Gasteiger partial charge in [-0.15, -0.1) is 0 Å². The fourth-order valence-corrected chi connectivity index (χ4v) is 5.11. The van der Waals surface area contributed by atoms with Crippen LogP contribution in [0.5, 0.6) is 0 Å². The van der Waals surface area contributed by atoms with E-state index in [0.717, 1.165) is 24.0 Å². The molecule has 1 aromatic carbocycles. The molecule has 2 atom stereocenters. The van der Waals surface area contributed by atoms with Crippen molar-refractivity contribution in [2.45, 2.75) is 11.3 Å². The van der Waals surface area contributed by atoms with Gasteiger partial charge in [-0.05, 0) is 49.5 Å². The molecular formula is C13H17BrN2O2S. The van der Waals surface area contributed by atoms with E-state index in [1.54, 1.807) is 22.5 Å². The van der Waals surface area contributed by atoms with Crippen LogP contribution in [0.15, 0.2) is 33.6 Å². The van der Waals surface area contributed by atoms with E-state index in [0.29, 0.717) is 29.8 Å². The largest absolute Gasteiger partial charge is 0.316 e. The van der Waals surface area contributed by atoms with Crippen LogP contribution >= 0.6 is 15.9 Å². The van der Waals surface area contributed by atoms with Crippen LogP contribution < -0.4 is 5.32 Å². The first-order valence-corrected chi connectivity index (χ1v) is 8.77. The number of hydrogen-bond donors (Lipinski definition) is 1. The number of piperidine rings is 1. The summed E-state index contributed by atoms with van der Waals surface area (Å²) in [6.45, 7) is 3.26. The second-order valence-corrected chi connectivity index (χ2v) is 8.14. The molecule has 19 heavy (non-hydrogen) atoms. The van der Waals surface area contributed by atoms with Gasteiger partial charge in [0.05, 0.1) is 4.90 Å². The van der Waals surface area contributed by atoms with Crippen molar-refractivity contribution in [3.63, 3.8) is 0 Å². The highest BCUT2D eigenvalue weighted by atomic mass is 79.9. The third kappa shape index (κ3) is 2.59. The number of benzene rings is 1. The highest BCUT2D eigenvalue weighted by molar-refractivity contribution is 9.10. The van der Waals surface area contributed by atoms with E-state index in [1.807, 2.05) is 6.07 Å². The molecular weight excluding hydrogens is 328 g/mol. The quantitative estimate of drug-likeness (QED) is 0.887. The average Bonchev–Trinajstić information content (AvgIpc) is 2.85. The first-order chi connectivity index (χ1) is 9.07. The van der Waals surface area contributed by atoms with Gasteiger partial charge in [-0.1, -0.05) is 22.0 Å². The fourth-order valence-electron chi connectivity index (χ4n) is 3.00. The van der Waals surface area contributed by atoms with Crippen LogP contribution in [0.2, 0.25) is 0 Å². The van der Waals surface area contributed by atoms with E-state index < -0.39 is 10.0 Å². The van der Waals surface area contributed by atoms with Crippen molar-refractivity contribution in [3.05, 3.63) is 28.7 Å². The maximum atomic E-state index is 12.6. The van der Waals surface area contributed by atoms with Crippen LogP contribution in [0.4, 0.5) is 0 Å². The lowest BCUT2D eigenvalue weighted by atomic mass is 9.90. The Morgan fingerprint density at radius 2 is 2.05 bits per heavy atom. The van der Waals surface area contributed by atoms with E-state index in [2.05, 4.69) is 21.2 Å². The molecule has 104 valence electrons. The third-order valence-corrected chi connectivity index (χ3v) is 6.46. The lowest BCUT2D eigenvalue weighted by Crippen LogP contribution is -2.43. The normalized spacial score (nSPS) is 28.3. The van der Waals surface area contributed by atoms with Gasteiger partial charge in [-0.3, -0.25) is 0 Å². The number of nitrogens with zero attached hydrogens (tertiary/aromatic N) is 1. The van der Waals surface area contributed by atoms with Crippen molar-refractivity contribution < 1.29 is 8.42 Å². The van der Waals surface area contributed by atoms with E-state index in [1.165, 1.54) is 0 Å². The molecule has 0 bridgehead atoms. The van der Waals surface area contributed by atoms with Gasteiger partial charge in [0, 0.05) is 17.6 Å². The Labute approximate surface area is 122 Å². The van der Waals surface area contributed by atoms with Crippen molar-refractivity contribution in [1.29, 1.82) is 0 Å². The average molecular weight is 345 g/mol. The van der Waals surface area contributed by atoms with Crippen LogP contribution in [0.1, 0.15) is 6.42 Å². The summed E-state index contributed by atoms with van der Waals surface area (Å²) >= 11 is 3.33. The lowest BCUT2D eigenvalue weighted by molar-refractivity contribution is 0.228. The Morgan fingerprint density at radius 3 is 2.84 bits per heavy atom. The summed E-state index contributed by atoms with van der Waals surface area (Å²) in [5.74, 6) is 1.12. The Hall–Kier alpha value is -0.430. The van der Waals surface area contributed by atoms with E-state index >= 15 is 0 Å². The molecule has 0 amide bonds. The highest BCUT2D eigenvalue weighted by Crippen LogP contribution is 2.30. The lowest BCUT2D eigenvalue weighted by Gasteiger charge is -2.33. The molecule has 0 saturated carbocycles. The smallest absolute Gasteiger partial charge is 0.243 e. The first-order valence-electron chi connectivity index (χ1n) is 6.54. The predicted molar refractivity (Wildman–Crippen MR) is 77.4 cm³/mol. The summed E-state index contributed by atoms with van der Waals surface area (Å²) < 4.78 is 27.7. The zero-order valence-electron chi connectivity index (χ0n) is 10.5. The number of rotatable bonds is 2. The maximum absolute atomic E-state index is 12.6. The molecule has 2 heterocycles. The summed E-state index contributed by atoms with van der Waals surface area (Å²) in [6, 6.07) is 6.94. The van der Waals surface area contributed by atoms with Gasteiger partial charge < -0.3 is 5.32 Å². The highest BCUT2D eigenvalue weighted by Gasteiger charge is 2.37. The summed E-state index contributed by atoms with van der Waals surface area (Å²) in [5.41, 5.74) is 0. The number of nitrogens with one attached hydrogen (secondary N) is 1. The second kappa shape index (κ2) is 5.16. The van der Waals surface area contributed by atoms with Crippen LogP contribution in [0.25, 0.3) is 0 Å². The molecule has 3 rings (SSSR count). The fraction of sp³-hybridized carbons (Fsp3) is 0.538. The Bertz CT molecular complexity index is 576. The molecule has 0 radical (unpaired) electrons. The van der Waals surface area contributed by atoms with Gasteiger partial charge in [0.25, 0.3) is 0 Å². The minimum absolute atomic E-state index is 0.381. The molecule has 0 spiro atoms. The number of sulfonamides is 1. The molecule has 0 aliphatic carbocycles. The summed E-state index contributed by atoms with van der Waals surface area (Å²) in [6.07, 6.45) is 0.963. The van der Waals surface area contributed by atoms with Crippen LogP contribution in [0.3, 0.4) is 0 Å². The summed E-state index contributed by atoms with van der Waals surface area (Å²) in [7, 11) is -3.35.